The van der Waals surface area contributed by atoms with Gasteiger partial charge in [0.2, 0.25) is 0 Å². The van der Waals surface area contributed by atoms with E-state index in [4.69, 9.17) is 9.47 Å². The van der Waals surface area contributed by atoms with Crippen molar-refractivity contribution in [2.24, 2.45) is 0 Å². The van der Waals surface area contributed by atoms with Crippen LogP contribution in [0.15, 0.2) is 18.2 Å². The molecule has 0 aliphatic rings. The summed E-state index contributed by atoms with van der Waals surface area (Å²) in [5.41, 5.74) is -8.40. The van der Waals surface area contributed by atoms with Gasteiger partial charge in [-0.15, -0.1) is 0 Å². The molecule has 0 saturated carbocycles. The molecule has 0 heterocycles. The van der Waals surface area contributed by atoms with E-state index >= 15 is 0 Å². The predicted octanol–water partition coefficient (Wildman–Crippen LogP) is 5.99. The minimum absolute atomic E-state index is 0.00725. The summed E-state index contributed by atoms with van der Waals surface area (Å²) in [6, 6.07) is 1.67. The molecule has 1 rings (SSSR count). The molecule has 1 atom stereocenters. The van der Waals surface area contributed by atoms with Gasteiger partial charge < -0.3 is 9.47 Å². The average Bonchev–Trinajstić information content (AvgIpc) is 2.50. The Morgan fingerprint density at radius 3 is 1.63 bits per heavy atom. The molecule has 0 radical (unpaired) electrons. The third kappa shape index (κ3) is 4.34. The maximum absolute atomic E-state index is 14.6. The lowest BCUT2D eigenvalue weighted by atomic mass is 9.85. The average molecular weight is 412 g/mol. The molecular weight excluding hydrogens is 395 g/mol. The van der Waals surface area contributed by atoms with Crippen LogP contribution in [0, 0.1) is 6.92 Å². The van der Waals surface area contributed by atoms with Gasteiger partial charge in [0.25, 0.3) is 0 Å². The van der Waals surface area contributed by atoms with Gasteiger partial charge in [0.1, 0.15) is 0 Å². The lowest BCUT2D eigenvalue weighted by molar-refractivity contribution is -0.389. The van der Waals surface area contributed by atoms with Crippen LogP contribution in [-0.4, -0.2) is 31.5 Å². The zero-order valence-electron chi connectivity index (χ0n) is 14.4. The third-order valence-corrected chi connectivity index (χ3v) is 3.59. The molecule has 0 aliphatic carbocycles. The van der Waals surface area contributed by atoms with E-state index in [9.17, 15) is 39.5 Å². The zero-order valence-corrected chi connectivity index (χ0v) is 14.4. The monoisotopic (exact) mass is 412 g/mol. The first-order valence-electron chi connectivity index (χ1n) is 7.68. The Hall–Kier alpha value is -1.49. The van der Waals surface area contributed by atoms with Crippen LogP contribution in [0.25, 0.3) is 0 Å². The fourth-order valence-electron chi connectivity index (χ4n) is 2.41. The van der Waals surface area contributed by atoms with Crippen LogP contribution in [-0.2, 0) is 15.1 Å². The molecule has 11 heteroatoms. The highest BCUT2D eigenvalue weighted by Gasteiger charge is 2.81. The van der Waals surface area contributed by atoms with Gasteiger partial charge in [-0.25, -0.2) is 4.39 Å². The lowest BCUT2D eigenvalue weighted by Crippen LogP contribution is -2.59. The Morgan fingerprint density at radius 1 is 0.778 bits per heavy atom. The number of hydrogen-bond donors (Lipinski definition) is 0. The first-order valence-corrected chi connectivity index (χ1v) is 7.68. The molecule has 156 valence electrons. The Bertz CT molecular complexity index is 634. The topological polar surface area (TPSA) is 18.5 Å². The minimum atomic E-state index is -6.78. The van der Waals surface area contributed by atoms with Crippen molar-refractivity contribution < 1.29 is 49.0 Å². The zero-order chi connectivity index (χ0) is 21.3. The fraction of sp³-hybridized carbons (Fsp3) is 0.625. The number of rotatable bonds is 7. The van der Waals surface area contributed by atoms with Crippen molar-refractivity contribution in [3.05, 3.63) is 34.9 Å². The summed E-state index contributed by atoms with van der Waals surface area (Å²) in [4.78, 5) is 0. The molecule has 1 aromatic rings. The Balaban J connectivity index is 3.71. The van der Waals surface area contributed by atoms with E-state index in [0.29, 0.717) is 0 Å². The molecule has 0 N–H and O–H groups in total. The van der Waals surface area contributed by atoms with Gasteiger partial charge in [0, 0.05) is 24.3 Å². The third-order valence-electron chi connectivity index (χ3n) is 3.59. The van der Waals surface area contributed by atoms with Crippen LogP contribution in [0.3, 0.4) is 0 Å². The smallest absolute Gasteiger partial charge is 0.349 e. The molecule has 0 aromatic heterocycles. The van der Waals surface area contributed by atoms with Gasteiger partial charge >= 0.3 is 23.9 Å². The number of aryl methyl sites for hydroxylation is 1. The molecule has 0 amide bonds. The second-order valence-corrected chi connectivity index (χ2v) is 5.60. The van der Waals surface area contributed by atoms with Crippen LogP contribution in [0.4, 0.5) is 39.5 Å². The number of halogens is 9. The summed E-state index contributed by atoms with van der Waals surface area (Å²) in [6.45, 7) is 4.09. The molecule has 0 saturated heterocycles. The van der Waals surface area contributed by atoms with E-state index in [1.807, 2.05) is 0 Å². The minimum Gasteiger partial charge on any atom is -0.349 e. The van der Waals surface area contributed by atoms with Crippen molar-refractivity contribution >= 4 is 0 Å². The summed E-state index contributed by atoms with van der Waals surface area (Å²) in [5, 5.41) is 0. The van der Waals surface area contributed by atoms with Gasteiger partial charge in [-0.1, -0.05) is 17.7 Å². The van der Waals surface area contributed by atoms with Crippen molar-refractivity contribution in [2.45, 2.75) is 51.0 Å². The lowest BCUT2D eigenvalue weighted by Gasteiger charge is -2.36. The highest BCUT2D eigenvalue weighted by molar-refractivity contribution is 5.37. The highest BCUT2D eigenvalue weighted by atomic mass is 19.4. The van der Waals surface area contributed by atoms with Crippen molar-refractivity contribution in [2.75, 3.05) is 13.2 Å². The maximum Gasteiger partial charge on any atom is 0.457 e. The van der Waals surface area contributed by atoms with E-state index < -0.39 is 35.8 Å². The molecule has 0 spiro atoms. The SMILES string of the molecule is CCOC(OCC)c1cc(C)cc(C(F)(C(F)(F)F)C(F)(F)C(F)(F)F)c1. The summed E-state index contributed by atoms with van der Waals surface area (Å²) in [6.07, 6.45) is -14.7. The molecule has 0 fully saturated rings. The van der Waals surface area contributed by atoms with Crippen molar-refractivity contribution in [1.82, 2.24) is 0 Å². The Labute approximate surface area is 149 Å². The fourth-order valence-corrected chi connectivity index (χ4v) is 2.41. The normalized spacial score (nSPS) is 15.9. The number of hydrogen-bond acceptors (Lipinski definition) is 2. The van der Waals surface area contributed by atoms with E-state index in [1.165, 1.54) is 13.8 Å². The predicted molar refractivity (Wildman–Crippen MR) is 77.0 cm³/mol. The number of benzene rings is 1. The van der Waals surface area contributed by atoms with E-state index in [2.05, 4.69) is 0 Å². The molecule has 27 heavy (non-hydrogen) atoms. The van der Waals surface area contributed by atoms with E-state index in [0.717, 1.165) is 13.0 Å². The summed E-state index contributed by atoms with van der Waals surface area (Å²) in [7, 11) is 0. The van der Waals surface area contributed by atoms with Crippen LogP contribution >= 0.6 is 0 Å². The summed E-state index contributed by atoms with van der Waals surface area (Å²) in [5.74, 6) is -6.73. The van der Waals surface area contributed by atoms with Gasteiger partial charge in [-0.05, 0) is 26.8 Å². The number of alkyl halides is 9. The largest absolute Gasteiger partial charge is 0.457 e. The van der Waals surface area contributed by atoms with E-state index in [-0.39, 0.29) is 36.5 Å². The molecule has 2 nitrogen and oxygen atoms in total. The molecule has 1 aromatic carbocycles. The van der Waals surface area contributed by atoms with Crippen molar-refractivity contribution in [1.29, 1.82) is 0 Å². The second kappa shape index (κ2) is 7.86. The summed E-state index contributed by atoms with van der Waals surface area (Å²) >= 11 is 0. The van der Waals surface area contributed by atoms with E-state index in [1.54, 1.807) is 0 Å². The van der Waals surface area contributed by atoms with Gasteiger partial charge in [-0.2, -0.15) is 35.1 Å². The standard InChI is InChI=1S/C16H17F9O2/c1-4-26-12(27-5-2)10-6-9(3)7-11(8-10)13(17,15(20,21)22)14(18,19)16(23,24)25/h6-8,12H,4-5H2,1-3H3. The Kier molecular flexibility index (Phi) is 6.86. The molecule has 1 unspecified atom stereocenters. The van der Waals surface area contributed by atoms with Crippen molar-refractivity contribution in [3.8, 4) is 0 Å². The maximum atomic E-state index is 14.6. The van der Waals surface area contributed by atoms with Crippen LogP contribution in [0.5, 0.6) is 0 Å². The first-order chi connectivity index (χ1) is 12.1. The molecular formula is C16H17F9O2. The quantitative estimate of drug-likeness (QED) is 0.405. The summed E-state index contributed by atoms with van der Waals surface area (Å²) < 4.78 is 129. The second-order valence-electron chi connectivity index (χ2n) is 5.60. The highest BCUT2D eigenvalue weighted by Crippen LogP contribution is 2.58. The Morgan fingerprint density at radius 2 is 1.26 bits per heavy atom. The van der Waals surface area contributed by atoms with Crippen LogP contribution < -0.4 is 0 Å². The molecule has 0 aliphatic heterocycles. The van der Waals surface area contributed by atoms with Crippen LogP contribution in [0.2, 0.25) is 0 Å². The van der Waals surface area contributed by atoms with Gasteiger partial charge in [0.05, 0.1) is 0 Å². The number of ether oxygens (including phenoxy) is 2. The molecule has 0 bridgehead atoms. The van der Waals surface area contributed by atoms with Crippen LogP contribution in [0.1, 0.15) is 36.8 Å². The van der Waals surface area contributed by atoms with Gasteiger partial charge in [-0.3, -0.25) is 0 Å². The first kappa shape index (κ1) is 23.5. The van der Waals surface area contributed by atoms with Crippen molar-refractivity contribution in [3.63, 3.8) is 0 Å². The van der Waals surface area contributed by atoms with Gasteiger partial charge in [0.15, 0.2) is 6.29 Å².